The first kappa shape index (κ1) is 24.0. The number of rotatable bonds is 8. The van der Waals surface area contributed by atoms with Crippen molar-refractivity contribution in [1.82, 2.24) is 9.55 Å². The number of anilines is 1. The number of nitrogens with one attached hydrogen (secondary N) is 1. The summed E-state index contributed by atoms with van der Waals surface area (Å²) in [4.78, 5) is 42.5. The molecule has 1 amide bonds. The van der Waals surface area contributed by atoms with Gasteiger partial charge in [0.15, 0.2) is 5.16 Å². The van der Waals surface area contributed by atoms with Gasteiger partial charge in [-0.05, 0) is 55.2 Å². The molecule has 1 aliphatic rings. The highest BCUT2D eigenvalue weighted by Gasteiger charge is 2.21. The number of hydrogen-bond acceptors (Lipinski definition) is 7. The molecule has 1 N–H and O–H groups in total. The van der Waals surface area contributed by atoms with E-state index in [-0.39, 0.29) is 23.3 Å². The van der Waals surface area contributed by atoms with Crippen LogP contribution in [0.5, 0.6) is 0 Å². The Morgan fingerprint density at radius 1 is 1.24 bits per heavy atom. The predicted molar refractivity (Wildman–Crippen MR) is 131 cm³/mol. The van der Waals surface area contributed by atoms with Crippen LogP contribution in [0, 0.1) is 0 Å². The van der Waals surface area contributed by atoms with Gasteiger partial charge in [0.05, 0.1) is 42.0 Å². The fourth-order valence-corrected chi connectivity index (χ4v) is 4.67. The molecule has 0 spiro atoms. The SMILES string of the molecule is CCc1ccc(NC(=O)CSc2nc3cc(C(=O)OC)ccc3c(=O)n2C[C@H]2CCCO2)cc1. The maximum absolute atomic E-state index is 13.3. The largest absolute Gasteiger partial charge is 0.465 e. The molecule has 1 fully saturated rings. The van der Waals surface area contributed by atoms with Crippen LogP contribution in [0.3, 0.4) is 0 Å². The first-order valence-corrected chi connectivity index (χ1v) is 12.2. The molecule has 2 aromatic carbocycles. The summed E-state index contributed by atoms with van der Waals surface area (Å²) in [5.41, 5.74) is 2.37. The second-order valence-electron chi connectivity index (χ2n) is 8.06. The Morgan fingerprint density at radius 2 is 2.03 bits per heavy atom. The zero-order valence-electron chi connectivity index (χ0n) is 19.2. The molecule has 0 aliphatic carbocycles. The van der Waals surface area contributed by atoms with Gasteiger partial charge in [-0.25, -0.2) is 9.78 Å². The van der Waals surface area contributed by atoms with Gasteiger partial charge in [0.2, 0.25) is 5.91 Å². The first-order valence-electron chi connectivity index (χ1n) is 11.2. The number of carbonyl (C=O) groups excluding carboxylic acids is 2. The van der Waals surface area contributed by atoms with Crippen LogP contribution in [-0.2, 0) is 27.2 Å². The van der Waals surface area contributed by atoms with E-state index in [4.69, 9.17) is 9.47 Å². The van der Waals surface area contributed by atoms with E-state index in [1.807, 2.05) is 24.3 Å². The fourth-order valence-electron chi connectivity index (χ4n) is 3.86. The maximum atomic E-state index is 13.3. The second-order valence-corrected chi connectivity index (χ2v) is 9.00. The Labute approximate surface area is 201 Å². The zero-order chi connectivity index (χ0) is 24.1. The predicted octanol–water partition coefficient (Wildman–Crippen LogP) is 3.66. The van der Waals surface area contributed by atoms with Gasteiger partial charge < -0.3 is 14.8 Å². The smallest absolute Gasteiger partial charge is 0.337 e. The summed E-state index contributed by atoms with van der Waals surface area (Å²) < 4.78 is 12.1. The summed E-state index contributed by atoms with van der Waals surface area (Å²) in [7, 11) is 1.30. The lowest BCUT2D eigenvalue weighted by molar-refractivity contribution is -0.113. The lowest BCUT2D eigenvalue weighted by Gasteiger charge is -2.16. The van der Waals surface area contributed by atoms with Crippen molar-refractivity contribution in [1.29, 1.82) is 0 Å². The Bertz CT molecular complexity index is 1250. The summed E-state index contributed by atoms with van der Waals surface area (Å²) in [6, 6.07) is 12.4. The average molecular weight is 482 g/mol. The molecule has 1 aliphatic heterocycles. The van der Waals surface area contributed by atoms with Gasteiger partial charge in [0.25, 0.3) is 5.56 Å². The number of fused-ring (bicyclic) bond motifs is 1. The minimum Gasteiger partial charge on any atom is -0.465 e. The molecule has 4 rings (SSSR count). The Hall–Kier alpha value is -3.17. The molecule has 9 heteroatoms. The van der Waals surface area contributed by atoms with E-state index in [1.165, 1.54) is 24.4 Å². The van der Waals surface area contributed by atoms with Crippen LogP contribution in [0.2, 0.25) is 0 Å². The normalized spacial score (nSPS) is 15.4. The summed E-state index contributed by atoms with van der Waals surface area (Å²) in [5, 5.41) is 3.69. The first-order chi connectivity index (χ1) is 16.5. The van der Waals surface area contributed by atoms with E-state index in [2.05, 4.69) is 17.2 Å². The van der Waals surface area contributed by atoms with Crippen LogP contribution in [-0.4, -0.2) is 47.0 Å². The van der Waals surface area contributed by atoms with Crippen molar-refractivity contribution in [3.05, 3.63) is 63.9 Å². The number of esters is 1. The number of methoxy groups -OCH3 is 1. The van der Waals surface area contributed by atoms with Gasteiger partial charge in [-0.15, -0.1) is 0 Å². The number of hydrogen-bond donors (Lipinski definition) is 1. The van der Waals surface area contributed by atoms with Crippen molar-refractivity contribution in [3.8, 4) is 0 Å². The van der Waals surface area contributed by atoms with E-state index in [0.29, 0.717) is 40.5 Å². The topological polar surface area (TPSA) is 99.5 Å². The lowest BCUT2D eigenvalue weighted by Crippen LogP contribution is -2.29. The molecule has 34 heavy (non-hydrogen) atoms. The minimum atomic E-state index is -0.505. The average Bonchev–Trinajstić information content (AvgIpc) is 3.37. The quantitative estimate of drug-likeness (QED) is 0.298. The number of aryl methyl sites for hydroxylation is 1. The minimum absolute atomic E-state index is 0.0726. The molecule has 0 saturated carbocycles. The fraction of sp³-hybridized carbons (Fsp3) is 0.360. The number of carbonyl (C=O) groups is 2. The number of ether oxygens (including phenoxy) is 2. The highest BCUT2D eigenvalue weighted by Crippen LogP contribution is 2.22. The number of amides is 1. The molecule has 1 saturated heterocycles. The molecule has 3 aromatic rings. The highest BCUT2D eigenvalue weighted by atomic mass is 32.2. The van der Waals surface area contributed by atoms with E-state index in [0.717, 1.165) is 19.3 Å². The standard InChI is InChI=1S/C25H27N3O5S/c1-3-16-6-9-18(10-7-16)26-22(29)15-34-25-27-21-13-17(24(31)32-2)8-11-20(21)23(30)28(25)14-19-5-4-12-33-19/h6-11,13,19H,3-5,12,14-15H2,1-2H3,(H,26,29)/t19-/m1/s1. The molecule has 8 nitrogen and oxygen atoms in total. The number of thioether (sulfide) groups is 1. The van der Waals surface area contributed by atoms with Gasteiger partial charge >= 0.3 is 5.97 Å². The second kappa shape index (κ2) is 10.8. The number of aromatic nitrogens is 2. The monoisotopic (exact) mass is 481 g/mol. The Balaban J connectivity index is 1.60. The lowest BCUT2D eigenvalue weighted by atomic mass is 10.1. The summed E-state index contributed by atoms with van der Waals surface area (Å²) >= 11 is 1.18. The molecular weight excluding hydrogens is 454 g/mol. The van der Waals surface area contributed by atoms with Gasteiger partial charge in [0.1, 0.15) is 0 Å². The molecule has 0 radical (unpaired) electrons. The van der Waals surface area contributed by atoms with Crippen LogP contribution in [0.1, 0.15) is 35.7 Å². The molecule has 1 aromatic heterocycles. The van der Waals surface area contributed by atoms with Crippen LogP contribution in [0.25, 0.3) is 10.9 Å². The maximum Gasteiger partial charge on any atom is 0.337 e. The van der Waals surface area contributed by atoms with E-state index >= 15 is 0 Å². The Morgan fingerprint density at radius 3 is 2.71 bits per heavy atom. The summed E-state index contributed by atoms with van der Waals surface area (Å²) in [5.74, 6) is -0.624. The number of benzene rings is 2. The molecule has 0 bridgehead atoms. The number of nitrogens with zero attached hydrogens (tertiary/aromatic N) is 2. The molecular formula is C25H27N3O5S. The van der Waals surface area contributed by atoms with Gasteiger partial charge in [-0.1, -0.05) is 30.8 Å². The van der Waals surface area contributed by atoms with E-state index in [9.17, 15) is 14.4 Å². The molecule has 1 atom stereocenters. The van der Waals surface area contributed by atoms with Crippen LogP contribution >= 0.6 is 11.8 Å². The molecule has 0 unspecified atom stereocenters. The van der Waals surface area contributed by atoms with Crippen molar-refractivity contribution in [2.24, 2.45) is 0 Å². The summed E-state index contributed by atoms with van der Waals surface area (Å²) in [6.07, 6.45) is 2.67. The van der Waals surface area contributed by atoms with E-state index in [1.54, 1.807) is 22.8 Å². The van der Waals surface area contributed by atoms with Crippen molar-refractivity contribution in [2.75, 3.05) is 24.8 Å². The van der Waals surface area contributed by atoms with E-state index < -0.39 is 5.97 Å². The molecule has 178 valence electrons. The highest BCUT2D eigenvalue weighted by molar-refractivity contribution is 7.99. The van der Waals surface area contributed by atoms with Crippen LogP contribution < -0.4 is 10.9 Å². The van der Waals surface area contributed by atoms with Crippen molar-refractivity contribution >= 4 is 40.2 Å². The third-order valence-electron chi connectivity index (χ3n) is 5.73. The van der Waals surface area contributed by atoms with Gasteiger partial charge in [-0.2, -0.15) is 0 Å². The molecule has 2 heterocycles. The van der Waals surface area contributed by atoms with Crippen LogP contribution in [0.15, 0.2) is 52.4 Å². The van der Waals surface area contributed by atoms with Crippen molar-refractivity contribution in [2.45, 2.75) is 44.0 Å². The van der Waals surface area contributed by atoms with Crippen LogP contribution in [0.4, 0.5) is 5.69 Å². The summed E-state index contributed by atoms with van der Waals surface area (Å²) in [6.45, 7) is 3.11. The van der Waals surface area contributed by atoms with Crippen molar-refractivity contribution in [3.63, 3.8) is 0 Å². The zero-order valence-corrected chi connectivity index (χ0v) is 20.0. The van der Waals surface area contributed by atoms with Gasteiger partial charge in [0, 0.05) is 12.3 Å². The third-order valence-corrected chi connectivity index (χ3v) is 6.71. The van der Waals surface area contributed by atoms with Gasteiger partial charge in [-0.3, -0.25) is 14.2 Å². The van der Waals surface area contributed by atoms with Crippen molar-refractivity contribution < 1.29 is 19.1 Å². The Kier molecular flexibility index (Phi) is 7.64. The third kappa shape index (κ3) is 5.48.